The molecular weight excluding hydrogens is 537 g/mol. The van der Waals surface area contributed by atoms with Crippen LogP contribution in [-0.2, 0) is 25.3 Å². The molecule has 1 saturated heterocycles. The smallest absolute Gasteiger partial charge is 0.452 e. The molecular formula is C27H34BN3O6S2. The standard InChI is InChI=1S/C27H34BN3O6S2/c1-25(2)15-10-19(25)27(5)20(11-15)36-28(37-27)16(12-17(32)13-38-24-31-30-23(29)39-24)9-14-7-6-8-18-21(14)34-26(3,4)35-22(18)33/h6-8,15-16,19-20H,9-13H2,1-5H3,(H2,29,30)/t15-,16+,19-,20?,27-/m0/s1. The highest BCUT2D eigenvalue weighted by molar-refractivity contribution is 8.01. The van der Waals surface area contributed by atoms with E-state index < -0.39 is 18.9 Å². The number of thioether (sulfide) groups is 1. The number of rotatable bonds is 8. The summed E-state index contributed by atoms with van der Waals surface area (Å²) in [5.74, 6) is 0.0772. The number of anilines is 1. The highest BCUT2D eigenvalue weighted by atomic mass is 32.2. The summed E-state index contributed by atoms with van der Waals surface area (Å²) in [4.78, 5) is 26.0. The summed E-state index contributed by atoms with van der Waals surface area (Å²) in [7, 11) is -0.541. The van der Waals surface area contributed by atoms with Crippen molar-refractivity contribution in [2.24, 2.45) is 17.3 Å². The van der Waals surface area contributed by atoms with Crippen LogP contribution in [0.5, 0.6) is 5.75 Å². The molecule has 2 aliphatic heterocycles. The maximum absolute atomic E-state index is 13.3. The number of aromatic nitrogens is 2. The van der Waals surface area contributed by atoms with Gasteiger partial charge in [0.05, 0.1) is 17.5 Å². The molecule has 2 bridgehead atoms. The lowest BCUT2D eigenvalue weighted by Crippen LogP contribution is -2.65. The predicted molar refractivity (Wildman–Crippen MR) is 149 cm³/mol. The van der Waals surface area contributed by atoms with Crippen molar-refractivity contribution in [1.82, 2.24) is 10.2 Å². The predicted octanol–water partition coefficient (Wildman–Crippen LogP) is 4.80. The van der Waals surface area contributed by atoms with Crippen LogP contribution < -0.4 is 10.5 Å². The monoisotopic (exact) mass is 571 g/mol. The molecule has 9 nitrogen and oxygen atoms in total. The molecule has 1 unspecified atom stereocenters. The van der Waals surface area contributed by atoms with E-state index in [0.717, 1.165) is 18.4 Å². The second kappa shape index (κ2) is 9.46. The number of para-hydroxylation sites is 1. The van der Waals surface area contributed by atoms with Gasteiger partial charge in [-0.15, -0.1) is 10.2 Å². The second-order valence-electron chi connectivity index (χ2n) is 12.4. The molecule has 208 valence electrons. The maximum atomic E-state index is 13.3. The molecule has 7 rings (SSSR count). The Morgan fingerprint density at radius 2 is 2.00 bits per heavy atom. The van der Waals surface area contributed by atoms with Crippen LogP contribution in [0.1, 0.15) is 69.8 Å². The van der Waals surface area contributed by atoms with Gasteiger partial charge in [-0.25, -0.2) is 4.79 Å². The van der Waals surface area contributed by atoms with E-state index in [-0.39, 0.29) is 40.9 Å². The number of carbonyl (C=O) groups is 2. The van der Waals surface area contributed by atoms with Crippen molar-refractivity contribution in [3.8, 4) is 5.75 Å². The average Bonchev–Trinajstić information content (AvgIpc) is 3.44. The minimum absolute atomic E-state index is 0.00506. The normalized spacial score (nSPS) is 30.4. The summed E-state index contributed by atoms with van der Waals surface area (Å²) in [6.45, 7) is 10.3. The quantitative estimate of drug-likeness (QED) is 0.269. The fourth-order valence-corrected chi connectivity index (χ4v) is 8.50. The number of carbonyl (C=O) groups excluding carboxylic acids is 2. The Balaban J connectivity index is 1.26. The van der Waals surface area contributed by atoms with Crippen molar-refractivity contribution in [2.45, 2.75) is 88.0 Å². The van der Waals surface area contributed by atoms with Gasteiger partial charge in [-0.1, -0.05) is 49.1 Å². The van der Waals surface area contributed by atoms with Gasteiger partial charge in [-0.3, -0.25) is 4.79 Å². The minimum Gasteiger partial charge on any atom is -0.452 e. The van der Waals surface area contributed by atoms with E-state index in [9.17, 15) is 9.59 Å². The fourth-order valence-electron chi connectivity index (χ4n) is 6.99. The number of nitrogens with zero attached hydrogens (tertiary/aromatic N) is 2. The number of benzene rings is 1. The largest absolute Gasteiger partial charge is 0.461 e. The van der Waals surface area contributed by atoms with Crippen molar-refractivity contribution in [3.05, 3.63) is 29.3 Å². The van der Waals surface area contributed by atoms with Crippen molar-refractivity contribution in [1.29, 1.82) is 0 Å². The molecule has 2 N–H and O–H groups in total. The van der Waals surface area contributed by atoms with Gasteiger partial charge in [0.1, 0.15) is 17.1 Å². The first-order chi connectivity index (χ1) is 18.4. The number of esters is 1. The number of nitrogens with two attached hydrogens (primary N) is 1. The third-order valence-corrected chi connectivity index (χ3v) is 11.1. The zero-order valence-corrected chi connectivity index (χ0v) is 24.5. The van der Waals surface area contributed by atoms with Gasteiger partial charge in [-0.2, -0.15) is 0 Å². The molecule has 1 aromatic heterocycles. The van der Waals surface area contributed by atoms with Gasteiger partial charge in [0.2, 0.25) is 10.9 Å². The van der Waals surface area contributed by atoms with Crippen LogP contribution in [0, 0.1) is 17.3 Å². The number of hydrogen-bond donors (Lipinski definition) is 1. The lowest BCUT2D eigenvalue weighted by Gasteiger charge is -2.64. The summed E-state index contributed by atoms with van der Waals surface area (Å²) in [5, 5.41) is 8.22. The molecule has 39 heavy (non-hydrogen) atoms. The number of hydrogen-bond acceptors (Lipinski definition) is 11. The summed E-state index contributed by atoms with van der Waals surface area (Å²) in [6, 6.07) is 5.46. The van der Waals surface area contributed by atoms with Crippen LogP contribution in [0.25, 0.3) is 0 Å². The Bertz CT molecular complexity index is 1320. The first-order valence-electron chi connectivity index (χ1n) is 13.5. The molecule has 0 amide bonds. The van der Waals surface area contributed by atoms with E-state index in [1.54, 1.807) is 19.9 Å². The van der Waals surface area contributed by atoms with Gasteiger partial charge in [-0.05, 0) is 55.1 Å². The van der Waals surface area contributed by atoms with Gasteiger partial charge in [0, 0.05) is 26.1 Å². The van der Waals surface area contributed by atoms with Crippen molar-refractivity contribution >= 4 is 47.1 Å². The number of cyclic esters (lactones) is 1. The van der Waals surface area contributed by atoms with Gasteiger partial charge < -0.3 is 24.5 Å². The third-order valence-electron chi connectivity index (χ3n) is 9.11. The highest BCUT2D eigenvalue weighted by Crippen LogP contribution is 2.66. The number of ketones is 1. The van der Waals surface area contributed by atoms with E-state index >= 15 is 0 Å². The third kappa shape index (κ3) is 4.77. The fraction of sp³-hybridized carbons (Fsp3) is 0.630. The summed E-state index contributed by atoms with van der Waals surface area (Å²) < 4.78 is 25.6. The molecule has 5 atom stereocenters. The highest BCUT2D eigenvalue weighted by Gasteiger charge is 2.68. The zero-order valence-electron chi connectivity index (χ0n) is 22.9. The molecule has 0 radical (unpaired) electrons. The van der Waals surface area contributed by atoms with E-state index in [2.05, 4.69) is 31.0 Å². The van der Waals surface area contributed by atoms with Crippen LogP contribution in [0.15, 0.2) is 22.5 Å². The van der Waals surface area contributed by atoms with Crippen LogP contribution in [0.4, 0.5) is 5.13 Å². The Kier molecular flexibility index (Phi) is 6.56. The van der Waals surface area contributed by atoms with Crippen molar-refractivity contribution in [2.75, 3.05) is 11.5 Å². The van der Waals surface area contributed by atoms with Crippen LogP contribution in [-0.4, -0.2) is 52.3 Å². The molecule has 3 aliphatic carbocycles. The van der Waals surface area contributed by atoms with Crippen LogP contribution >= 0.6 is 23.1 Å². The van der Waals surface area contributed by atoms with Gasteiger partial charge in [0.15, 0.2) is 4.34 Å². The molecule has 3 heterocycles. The van der Waals surface area contributed by atoms with Crippen molar-refractivity contribution in [3.63, 3.8) is 0 Å². The SMILES string of the molecule is CC1(C)OC(=O)c2cccc(C[C@H](CC(=O)CSc3nnc(N)s3)B3OC4C[C@@H]5C[C@@H](C5(C)C)[C@]4(C)O3)c2O1. The van der Waals surface area contributed by atoms with E-state index in [0.29, 0.717) is 39.0 Å². The van der Waals surface area contributed by atoms with Crippen molar-refractivity contribution < 1.29 is 28.4 Å². The number of ether oxygens (including phenoxy) is 2. The average molecular weight is 572 g/mol. The maximum Gasteiger partial charge on any atom is 0.461 e. The molecule has 12 heteroatoms. The first-order valence-corrected chi connectivity index (χ1v) is 15.3. The second-order valence-corrected chi connectivity index (χ2v) is 14.7. The lowest BCUT2D eigenvalue weighted by molar-refractivity contribution is -0.199. The topological polar surface area (TPSA) is 123 Å². The van der Waals surface area contributed by atoms with Gasteiger partial charge >= 0.3 is 13.1 Å². The molecule has 2 aromatic rings. The molecule has 4 fully saturated rings. The summed E-state index contributed by atoms with van der Waals surface area (Å²) in [6.07, 6.45) is 2.84. The van der Waals surface area contributed by atoms with Crippen LogP contribution in [0.3, 0.4) is 0 Å². The first kappa shape index (κ1) is 27.0. The molecule has 1 aromatic carbocycles. The van der Waals surface area contributed by atoms with Gasteiger partial charge in [0.25, 0.3) is 0 Å². The summed E-state index contributed by atoms with van der Waals surface area (Å²) >= 11 is 2.60. The Morgan fingerprint density at radius 1 is 1.21 bits per heavy atom. The zero-order chi connectivity index (χ0) is 27.7. The lowest BCUT2D eigenvalue weighted by atomic mass is 9.43. The van der Waals surface area contributed by atoms with E-state index in [1.165, 1.54) is 23.1 Å². The van der Waals surface area contributed by atoms with E-state index in [1.807, 2.05) is 12.1 Å². The number of Topliss-reactive ketones (excluding diaryl/α,β-unsaturated/α-hetero) is 1. The van der Waals surface area contributed by atoms with Crippen LogP contribution in [0.2, 0.25) is 5.82 Å². The Morgan fingerprint density at radius 3 is 2.72 bits per heavy atom. The van der Waals surface area contributed by atoms with E-state index in [4.69, 9.17) is 24.5 Å². The Labute approximate surface area is 237 Å². The Hall–Kier alpha value is -2.15. The molecule has 3 saturated carbocycles. The number of nitrogen functional groups attached to an aromatic ring is 1. The summed E-state index contributed by atoms with van der Waals surface area (Å²) in [5.41, 5.74) is 6.74. The number of fused-ring (bicyclic) bond motifs is 1. The molecule has 5 aliphatic rings. The minimum atomic E-state index is -1.08. The molecule has 0 spiro atoms.